The van der Waals surface area contributed by atoms with Crippen molar-refractivity contribution in [3.63, 3.8) is 0 Å². The molecule has 1 saturated heterocycles. The highest BCUT2D eigenvalue weighted by Crippen LogP contribution is 2.49. The summed E-state index contributed by atoms with van der Waals surface area (Å²) in [6.07, 6.45) is 9.37. The summed E-state index contributed by atoms with van der Waals surface area (Å²) in [5, 5.41) is 3.61. The number of hydrogen-bond donors (Lipinski definition) is 1. The van der Waals surface area contributed by atoms with Crippen molar-refractivity contribution >= 4 is 5.91 Å². The van der Waals surface area contributed by atoms with E-state index in [2.05, 4.69) is 24.1 Å². The van der Waals surface area contributed by atoms with E-state index in [9.17, 15) is 4.79 Å². The van der Waals surface area contributed by atoms with Gasteiger partial charge in [-0.3, -0.25) is 4.79 Å². The molecule has 0 aromatic heterocycles. The Hall–Kier alpha value is -0.570. The fourth-order valence-electron chi connectivity index (χ4n) is 4.88. The third-order valence-electron chi connectivity index (χ3n) is 5.99. The first kappa shape index (κ1) is 14.4. The molecule has 3 nitrogen and oxygen atoms in total. The highest BCUT2D eigenvalue weighted by Gasteiger charge is 2.42. The number of nitrogens with zero attached hydrogens (tertiary/aromatic N) is 1. The van der Waals surface area contributed by atoms with E-state index in [4.69, 9.17) is 0 Å². The lowest BCUT2D eigenvalue weighted by molar-refractivity contribution is -0.134. The zero-order valence-corrected chi connectivity index (χ0v) is 13.1. The van der Waals surface area contributed by atoms with Crippen LogP contribution >= 0.6 is 0 Å². The normalized spacial score (nSPS) is 36.1. The molecule has 0 aromatic carbocycles. The van der Waals surface area contributed by atoms with Crippen LogP contribution in [0.1, 0.15) is 58.8 Å². The molecule has 3 unspecified atom stereocenters. The second kappa shape index (κ2) is 6.05. The van der Waals surface area contributed by atoms with E-state index in [-0.39, 0.29) is 6.04 Å². The van der Waals surface area contributed by atoms with Gasteiger partial charge < -0.3 is 10.2 Å². The first-order valence-electron chi connectivity index (χ1n) is 8.70. The minimum Gasteiger partial charge on any atom is -0.341 e. The number of rotatable bonds is 4. The summed E-state index contributed by atoms with van der Waals surface area (Å²) < 4.78 is 0. The molecule has 3 heteroatoms. The van der Waals surface area contributed by atoms with Crippen molar-refractivity contribution in [1.29, 1.82) is 0 Å². The average Bonchev–Trinajstić information content (AvgIpc) is 3.10. The quantitative estimate of drug-likeness (QED) is 0.857. The molecule has 3 aliphatic rings. The Bertz CT molecular complexity index is 351. The molecule has 1 heterocycles. The largest absolute Gasteiger partial charge is 0.341 e. The molecule has 114 valence electrons. The summed E-state index contributed by atoms with van der Waals surface area (Å²) in [4.78, 5) is 14.5. The lowest BCUT2D eigenvalue weighted by Crippen LogP contribution is -2.51. The van der Waals surface area contributed by atoms with Gasteiger partial charge in [0.05, 0.1) is 6.04 Å². The number of hydrogen-bond acceptors (Lipinski definition) is 2. The van der Waals surface area contributed by atoms with Crippen molar-refractivity contribution in [2.45, 2.75) is 70.9 Å². The molecule has 1 amide bonds. The molecule has 5 atom stereocenters. The number of piperidine rings is 1. The molecule has 20 heavy (non-hydrogen) atoms. The number of amides is 1. The second-order valence-electron chi connectivity index (χ2n) is 7.40. The molecule has 0 radical (unpaired) electrons. The van der Waals surface area contributed by atoms with Gasteiger partial charge in [0.25, 0.3) is 0 Å². The van der Waals surface area contributed by atoms with Gasteiger partial charge >= 0.3 is 0 Å². The molecule has 1 N–H and O–H groups in total. The molecule has 2 saturated carbocycles. The number of likely N-dealkylation sites (tertiary alicyclic amines) is 1. The van der Waals surface area contributed by atoms with E-state index in [0.29, 0.717) is 11.9 Å². The lowest BCUT2D eigenvalue weighted by Gasteiger charge is -2.33. The maximum absolute atomic E-state index is 12.5. The third kappa shape index (κ3) is 2.88. The van der Waals surface area contributed by atoms with Gasteiger partial charge in [-0.25, -0.2) is 0 Å². The number of nitrogens with one attached hydrogen (secondary N) is 1. The zero-order chi connectivity index (χ0) is 14.1. The van der Waals surface area contributed by atoms with Crippen LogP contribution in [0.2, 0.25) is 0 Å². The molecule has 2 bridgehead atoms. The number of carbonyl (C=O) groups is 1. The lowest BCUT2D eigenvalue weighted by atomic mass is 9.83. The molecule has 0 spiro atoms. The van der Waals surface area contributed by atoms with Crippen molar-refractivity contribution < 1.29 is 4.79 Å². The van der Waals surface area contributed by atoms with Crippen molar-refractivity contribution in [3.05, 3.63) is 0 Å². The highest BCUT2D eigenvalue weighted by molar-refractivity contribution is 5.81. The van der Waals surface area contributed by atoms with E-state index in [1.54, 1.807) is 0 Å². The van der Waals surface area contributed by atoms with Crippen molar-refractivity contribution in [2.75, 3.05) is 13.1 Å². The summed E-state index contributed by atoms with van der Waals surface area (Å²) in [7, 11) is 0. The summed E-state index contributed by atoms with van der Waals surface area (Å²) in [5.41, 5.74) is 0. The van der Waals surface area contributed by atoms with Crippen LogP contribution in [0.3, 0.4) is 0 Å². The minimum atomic E-state index is -0.0118. The molecular weight excluding hydrogens is 248 g/mol. The van der Waals surface area contributed by atoms with Crippen LogP contribution in [0.5, 0.6) is 0 Å². The molecule has 1 aliphatic heterocycles. The number of carbonyl (C=O) groups excluding carboxylic acids is 1. The molecular formula is C17H30N2O. The van der Waals surface area contributed by atoms with Crippen LogP contribution in [0, 0.1) is 17.8 Å². The fourth-order valence-corrected chi connectivity index (χ4v) is 4.88. The summed E-state index contributed by atoms with van der Waals surface area (Å²) in [6.45, 7) is 6.28. The van der Waals surface area contributed by atoms with E-state index < -0.39 is 0 Å². The third-order valence-corrected chi connectivity index (χ3v) is 5.99. The second-order valence-corrected chi connectivity index (χ2v) is 7.40. The SMILES string of the molecule is CC(NC(C)C1C[C@H]2CC[C@@H]1C2)C(=O)N1CCCCC1. The number of fused-ring (bicyclic) bond motifs is 2. The summed E-state index contributed by atoms with van der Waals surface area (Å²) in [5.74, 6) is 3.05. The predicted molar refractivity (Wildman–Crippen MR) is 81.4 cm³/mol. The van der Waals surface area contributed by atoms with Gasteiger partial charge in [-0.2, -0.15) is 0 Å². The summed E-state index contributed by atoms with van der Waals surface area (Å²) >= 11 is 0. The zero-order valence-electron chi connectivity index (χ0n) is 13.1. The predicted octanol–water partition coefficient (Wildman–Crippen LogP) is 2.80. The molecule has 0 aromatic rings. The van der Waals surface area contributed by atoms with E-state index in [1.807, 2.05) is 0 Å². The van der Waals surface area contributed by atoms with Crippen molar-refractivity contribution in [3.8, 4) is 0 Å². The summed E-state index contributed by atoms with van der Waals surface area (Å²) in [6, 6.07) is 0.483. The first-order valence-corrected chi connectivity index (χ1v) is 8.70. The highest BCUT2D eigenvalue weighted by atomic mass is 16.2. The van der Waals surface area contributed by atoms with Gasteiger partial charge in [-0.1, -0.05) is 6.42 Å². The topological polar surface area (TPSA) is 32.3 Å². The van der Waals surface area contributed by atoms with Crippen LogP contribution in [0.4, 0.5) is 0 Å². The van der Waals surface area contributed by atoms with Gasteiger partial charge in [0.1, 0.15) is 0 Å². The Labute approximate surface area is 123 Å². The van der Waals surface area contributed by atoms with Gasteiger partial charge in [-0.05, 0) is 70.1 Å². The van der Waals surface area contributed by atoms with E-state index in [1.165, 1.54) is 44.9 Å². The Balaban J connectivity index is 1.50. The average molecular weight is 278 g/mol. The van der Waals surface area contributed by atoms with Crippen LogP contribution < -0.4 is 5.32 Å². The van der Waals surface area contributed by atoms with Gasteiger partial charge in [0.15, 0.2) is 0 Å². The van der Waals surface area contributed by atoms with E-state index >= 15 is 0 Å². The molecule has 3 fully saturated rings. The van der Waals surface area contributed by atoms with Crippen molar-refractivity contribution in [1.82, 2.24) is 10.2 Å². The maximum atomic E-state index is 12.5. The fraction of sp³-hybridized carbons (Fsp3) is 0.941. The minimum absolute atomic E-state index is 0.0118. The smallest absolute Gasteiger partial charge is 0.239 e. The van der Waals surface area contributed by atoms with Gasteiger partial charge in [0, 0.05) is 19.1 Å². The van der Waals surface area contributed by atoms with Crippen molar-refractivity contribution in [2.24, 2.45) is 17.8 Å². The van der Waals surface area contributed by atoms with Gasteiger partial charge in [0.2, 0.25) is 5.91 Å². The Morgan fingerprint density at radius 1 is 1.10 bits per heavy atom. The van der Waals surface area contributed by atoms with Gasteiger partial charge in [-0.15, -0.1) is 0 Å². The van der Waals surface area contributed by atoms with Crippen LogP contribution in [-0.2, 0) is 4.79 Å². The van der Waals surface area contributed by atoms with E-state index in [0.717, 1.165) is 30.8 Å². The monoisotopic (exact) mass is 278 g/mol. The van der Waals surface area contributed by atoms with Crippen LogP contribution in [0.15, 0.2) is 0 Å². The first-order chi connectivity index (χ1) is 9.65. The molecule has 3 rings (SSSR count). The van der Waals surface area contributed by atoms with Crippen LogP contribution in [0.25, 0.3) is 0 Å². The van der Waals surface area contributed by atoms with Crippen LogP contribution in [-0.4, -0.2) is 36.0 Å². The Morgan fingerprint density at radius 3 is 2.45 bits per heavy atom. The maximum Gasteiger partial charge on any atom is 0.239 e. The Morgan fingerprint density at radius 2 is 1.85 bits per heavy atom. The molecule has 2 aliphatic carbocycles. The Kier molecular flexibility index (Phi) is 4.34. The standard InChI is InChI=1S/C17H30N2O/c1-12(16-11-14-6-7-15(16)10-14)18-13(2)17(20)19-8-4-3-5-9-19/h12-16,18H,3-11H2,1-2H3/t12?,13?,14-,15+,16?/m0/s1.